The highest BCUT2D eigenvalue weighted by Gasteiger charge is 2.24. The maximum absolute atomic E-state index is 12.4. The van der Waals surface area contributed by atoms with Crippen molar-refractivity contribution in [2.24, 2.45) is 13.0 Å². The third-order valence-electron chi connectivity index (χ3n) is 5.24. The third kappa shape index (κ3) is 5.07. The number of anilines is 1. The molecule has 0 spiro atoms. The minimum atomic E-state index is -0.276. The molecule has 1 aromatic heterocycles. The molecule has 29 heavy (non-hydrogen) atoms. The predicted octanol–water partition coefficient (Wildman–Crippen LogP) is 2.54. The number of carbonyl (C=O) groups excluding carboxylic acids is 2. The maximum atomic E-state index is 12.4. The van der Waals surface area contributed by atoms with Gasteiger partial charge in [-0.1, -0.05) is 18.9 Å². The quantitative estimate of drug-likeness (QED) is 0.710. The van der Waals surface area contributed by atoms with Crippen molar-refractivity contribution in [1.82, 2.24) is 15.1 Å². The van der Waals surface area contributed by atoms with Crippen LogP contribution >= 0.6 is 0 Å². The van der Waals surface area contributed by atoms with Crippen LogP contribution in [0.3, 0.4) is 0 Å². The zero-order chi connectivity index (χ0) is 20.8. The molecule has 156 valence electrons. The maximum Gasteiger partial charge on any atom is 0.271 e. The molecule has 0 radical (unpaired) electrons. The highest BCUT2D eigenvalue weighted by atomic mass is 16.5. The fourth-order valence-electron chi connectivity index (χ4n) is 3.56. The Bertz CT molecular complexity index is 872. The Morgan fingerprint density at radius 1 is 1.14 bits per heavy atom. The van der Waals surface area contributed by atoms with Crippen LogP contribution in [0, 0.1) is 5.92 Å². The summed E-state index contributed by atoms with van der Waals surface area (Å²) in [5, 5.41) is 9.97. The number of ether oxygens (including phenoxy) is 2. The summed E-state index contributed by atoms with van der Waals surface area (Å²) in [5.74, 6) is 1.65. The van der Waals surface area contributed by atoms with Crippen LogP contribution < -0.4 is 20.1 Å². The number of aryl methyl sites for hydroxylation is 1. The minimum absolute atomic E-state index is 0.00547. The Labute approximate surface area is 170 Å². The Morgan fingerprint density at radius 2 is 1.86 bits per heavy atom. The van der Waals surface area contributed by atoms with Crippen LogP contribution in [0.5, 0.6) is 11.5 Å². The van der Waals surface area contributed by atoms with Crippen molar-refractivity contribution >= 4 is 17.6 Å². The van der Waals surface area contributed by atoms with Crippen LogP contribution in [0.4, 0.5) is 5.82 Å². The van der Waals surface area contributed by atoms with E-state index < -0.39 is 0 Å². The second kappa shape index (κ2) is 9.45. The second-order valence-electron chi connectivity index (χ2n) is 7.20. The lowest BCUT2D eigenvalue weighted by atomic mass is 10.1. The molecule has 0 atom stereocenters. The number of hydrogen-bond acceptors (Lipinski definition) is 5. The summed E-state index contributed by atoms with van der Waals surface area (Å²) in [5.41, 5.74) is 1.30. The van der Waals surface area contributed by atoms with Gasteiger partial charge in [0.15, 0.2) is 17.2 Å². The van der Waals surface area contributed by atoms with Gasteiger partial charge in [-0.05, 0) is 37.0 Å². The summed E-state index contributed by atoms with van der Waals surface area (Å²) in [7, 11) is 4.90. The first kappa shape index (κ1) is 20.7. The van der Waals surface area contributed by atoms with Gasteiger partial charge in [-0.3, -0.25) is 14.3 Å². The van der Waals surface area contributed by atoms with E-state index in [1.54, 1.807) is 27.3 Å². The first-order chi connectivity index (χ1) is 14.0. The Kier molecular flexibility index (Phi) is 6.74. The van der Waals surface area contributed by atoms with E-state index >= 15 is 0 Å². The lowest BCUT2D eigenvalue weighted by Gasteiger charge is -2.10. The van der Waals surface area contributed by atoms with E-state index in [1.165, 1.54) is 4.68 Å². The predicted molar refractivity (Wildman–Crippen MR) is 109 cm³/mol. The molecule has 2 aromatic rings. The van der Waals surface area contributed by atoms with Crippen LogP contribution in [0.25, 0.3) is 0 Å². The Hall–Kier alpha value is -3.03. The smallest absolute Gasteiger partial charge is 0.271 e. The number of methoxy groups -OCH3 is 2. The summed E-state index contributed by atoms with van der Waals surface area (Å²) in [6, 6.07) is 7.28. The average Bonchev–Trinajstić information content (AvgIpc) is 3.38. The van der Waals surface area contributed by atoms with E-state index in [2.05, 4.69) is 15.7 Å². The van der Waals surface area contributed by atoms with Crippen LogP contribution in [0.2, 0.25) is 0 Å². The number of hydrogen-bond donors (Lipinski definition) is 2. The number of benzene rings is 1. The number of carbonyl (C=O) groups is 2. The fourth-order valence-corrected chi connectivity index (χ4v) is 3.56. The molecule has 1 saturated carbocycles. The number of aromatic nitrogens is 2. The molecule has 2 amide bonds. The minimum Gasteiger partial charge on any atom is -0.493 e. The van der Waals surface area contributed by atoms with Gasteiger partial charge in [0.25, 0.3) is 5.91 Å². The van der Waals surface area contributed by atoms with Crippen LogP contribution in [0.1, 0.15) is 41.7 Å². The largest absolute Gasteiger partial charge is 0.493 e. The molecule has 8 nitrogen and oxygen atoms in total. The van der Waals surface area contributed by atoms with Crippen molar-refractivity contribution in [3.8, 4) is 11.5 Å². The highest BCUT2D eigenvalue weighted by Crippen LogP contribution is 2.28. The monoisotopic (exact) mass is 400 g/mol. The van der Waals surface area contributed by atoms with Gasteiger partial charge < -0.3 is 20.1 Å². The van der Waals surface area contributed by atoms with Crippen LogP contribution in [0.15, 0.2) is 24.3 Å². The first-order valence-electron chi connectivity index (χ1n) is 9.86. The lowest BCUT2D eigenvalue weighted by molar-refractivity contribution is -0.119. The molecule has 1 heterocycles. The van der Waals surface area contributed by atoms with Gasteiger partial charge >= 0.3 is 0 Å². The normalized spacial score (nSPS) is 13.9. The zero-order valence-electron chi connectivity index (χ0n) is 17.2. The molecule has 0 saturated heterocycles. The summed E-state index contributed by atoms with van der Waals surface area (Å²) < 4.78 is 12.1. The molecular formula is C21H28N4O4. The van der Waals surface area contributed by atoms with Gasteiger partial charge in [0, 0.05) is 25.6 Å². The lowest BCUT2D eigenvalue weighted by Crippen LogP contribution is -2.26. The van der Waals surface area contributed by atoms with Gasteiger partial charge in [0.2, 0.25) is 5.91 Å². The molecule has 0 aliphatic heterocycles. The van der Waals surface area contributed by atoms with Crippen molar-refractivity contribution in [2.75, 3.05) is 26.1 Å². The highest BCUT2D eigenvalue weighted by molar-refractivity contribution is 5.96. The Morgan fingerprint density at radius 3 is 2.55 bits per heavy atom. The fraction of sp³-hybridized carbons (Fsp3) is 0.476. The summed E-state index contributed by atoms with van der Waals surface area (Å²) >= 11 is 0. The molecule has 2 N–H and O–H groups in total. The third-order valence-corrected chi connectivity index (χ3v) is 5.24. The average molecular weight is 400 g/mol. The zero-order valence-corrected chi connectivity index (χ0v) is 17.2. The molecule has 1 aliphatic rings. The standard InChI is InChI=1S/C21H28N4O4/c1-25-19(23-20(26)15-6-4-5-7-15)13-16(24-25)21(27)22-11-10-14-8-9-17(28-2)18(12-14)29-3/h8-9,12-13,15H,4-7,10-11H2,1-3H3,(H,22,27)(H,23,26). The molecule has 1 aliphatic carbocycles. The van der Waals surface area contributed by atoms with E-state index in [4.69, 9.17) is 9.47 Å². The van der Waals surface area contributed by atoms with Gasteiger partial charge in [-0.2, -0.15) is 5.10 Å². The number of nitrogens with zero attached hydrogens (tertiary/aromatic N) is 2. The number of amides is 2. The van der Waals surface area contributed by atoms with E-state index in [-0.39, 0.29) is 23.4 Å². The van der Waals surface area contributed by atoms with E-state index in [0.717, 1.165) is 31.2 Å². The van der Waals surface area contributed by atoms with Crippen molar-refractivity contribution in [3.05, 3.63) is 35.5 Å². The van der Waals surface area contributed by atoms with Crippen molar-refractivity contribution in [1.29, 1.82) is 0 Å². The summed E-state index contributed by atoms with van der Waals surface area (Å²) in [6.45, 7) is 0.453. The number of rotatable bonds is 8. The van der Waals surface area contributed by atoms with Gasteiger partial charge in [-0.25, -0.2) is 0 Å². The Balaban J connectivity index is 1.54. The topological polar surface area (TPSA) is 94.5 Å². The summed E-state index contributed by atoms with van der Waals surface area (Å²) in [4.78, 5) is 24.7. The molecule has 0 unspecified atom stereocenters. The van der Waals surface area contributed by atoms with Gasteiger partial charge in [0.05, 0.1) is 14.2 Å². The molecular weight excluding hydrogens is 372 g/mol. The van der Waals surface area contributed by atoms with Crippen LogP contribution in [-0.4, -0.2) is 42.4 Å². The van der Waals surface area contributed by atoms with E-state index in [9.17, 15) is 9.59 Å². The number of nitrogens with one attached hydrogen (secondary N) is 2. The van der Waals surface area contributed by atoms with Crippen molar-refractivity contribution in [2.45, 2.75) is 32.1 Å². The molecule has 3 rings (SSSR count). The molecule has 1 aromatic carbocycles. The van der Waals surface area contributed by atoms with Crippen molar-refractivity contribution in [3.63, 3.8) is 0 Å². The molecule has 1 fully saturated rings. The molecule has 8 heteroatoms. The van der Waals surface area contributed by atoms with E-state index in [0.29, 0.717) is 30.3 Å². The first-order valence-corrected chi connectivity index (χ1v) is 9.86. The van der Waals surface area contributed by atoms with Crippen molar-refractivity contribution < 1.29 is 19.1 Å². The SMILES string of the molecule is COc1ccc(CCNC(=O)c2cc(NC(=O)C3CCCC3)n(C)n2)cc1OC. The molecule has 0 bridgehead atoms. The van der Waals surface area contributed by atoms with Gasteiger partial charge in [0.1, 0.15) is 5.82 Å². The van der Waals surface area contributed by atoms with Crippen LogP contribution in [-0.2, 0) is 18.3 Å². The summed E-state index contributed by atoms with van der Waals surface area (Å²) in [6.07, 6.45) is 4.68. The second-order valence-corrected chi connectivity index (χ2v) is 7.20. The van der Waals surface area contributed by atoms with Gasteiger partial charge in [-0.15, -0.1) is 0 Å². The van der Waals surface area contributed by atoms with E-state index in [1.807, 2.05) is 18.2 Å².